The standard InChI is InChI=1S/C26H24N4O3S/c1-15(24(31)28-19-5-6-19)10-16-2-7-21(18-8-9-34-14-18)23(11-16)30-26(33)29-20-4-3-17-13-27-25(32)22(17)12-20/h2-4,7-9,11-15,19H,5-6,10H2,1H3,(H,28,31)(H2,29,30,33). The predicted molar refractivity (Wildman–Crippen MR) is 135 cm³/mol. The number of nitrogens with one attached hydrogen (secondary N) is 3. The zero-order valence-electron chi connectivity index (χ0n) is 18.6. The van der Waals surface area contributed by atoms with Crippen LogP contribution in [0, 0.1) is 5.92 Å². The van der Waals surface area contributed by atoms with Crippen LogP contribution in [0.3, 0.4) is 0 Å². The molecule has 2 heterocycles. The van der Waals surface area contributed by atoms with Crippen molar-refractivity contribution in [2.75, 3.05) is 10.6 Å². The summed E-state index contributed by atoms with van der Waals surface area (Å²) in [5, 5.41) is 12.8. The molecule has 0 radical (unpaired) electrons. The van der Waals surface area contributed by atoms with E-state index in [0.29, 0.717) is 29.4 Å². The van der Waals surface area contributed by atoms with Gasteiger partial charge in [0.15, 0.2) is 0 Å². The summed E-state index contributed by atoms with van der Waals surface area (Å²) in [7, 11) is 0. The van der Waals surface area contributed by atoms with Gasteiger partial charge in [0.25, 0.3) is 5.91 Å². The van der Waals surface area contributed by atoms with Crippen LogP contribution in [0.4, 0.5) is 16.2 Å². The van der Waals surface area contributed by atoms with E-state index in [1.54, 1.807) is 29.5 Å². The molecule has 1 unspecified atom stereocenters. The van der Waals surface area contributed by atoms with E-state index in [4.69, 9.17) is 0 Å². The van der Waals surface area contributed by atoms with Crippen LogP contribution in [0.1, 0.15) is 41.3 Å². The van der Waals surface area contributed by atoms with Crippen LogP contribution in [0.5, 0.6) is 0 Å². The van der Waals surface area contributed by atoms with Crippen molar-refractivity contribution in [3.05, 3.63) is 69.9 Å². The SMILES string of the molecule is CC(Cc1ccc(-c2ccsc2)c(NC(=O)Nc2ccc3c(c2)C(=O)N=C3)c1)C(=O)NC1CC1. The van der Waals surface area contributed by atoms with Crippen molar-refractivity contribution in [1.82, 2.24) is 5.32 Å². The Bertz CT molecular complexity index is 1300. The summed E-state index contributed by atoms with van der Waals surface area (Å²) >= 11 is 1.58. The minimum absolute atomic E-state index is 0.0619. The van der Waals surface area contributed by atoms with Gasteiger partial charge in [-0.25, -0.2) is 9.79 Å². The number of hydrogen-bond acceptors (Lipinski definition) is 4. The molecule has 7 nitrogen and oxygen atoms in total. The highest BCUT2D eigenvalue weighted by Gasteiger charge is 2.26. The lowest BCUT2D eigenvalue weighted by Crippen LogP contribution is -2.31. The fourth-order valence-electron chi connectivity index (χ4n) is 3.92. The number of anilines is 2. The van der Waals surface area contributed by atoms with Crippen molar-refractivity contribution in [1.29, 1.82) is 0 Å². The molecule has 1 saturated carbocycles. The van der Waals surface area contributed by atoms with E-state index in [1.165, 1.54) is 6.21 Å². The second kappa shape index (κ2) is 9.23. The zero-order chi connectivity index (χ0) is 23.7. The van der Waals surface area contributed by atoms with Crippen LogP contribution in [-0.2, 0) is 11.2 Å². The van der Waals surface area contributed by atoms with E-state index in [1.807, 2.05) is 41.9 Å². The molecular weight excluding hydrogens is 448 g/mol. The van der Waals surface area contributed by atoms with Crippen LogP contribution < -0.4 is 16.0 Å². The molecule has 172 valence electrons. The lowest BCUT2D eigenvalue weighted by Gasteiger charge is -2.16. The van der Waals surface area contributed by atoms with E-state index in [9.17, 15) is 14.4 Å². The van der Waals surface area contributed by atoms with Gasteiger partial charge in [-0.05, 0) is 65.4 Å². The molecule has 1 atom stereocenters. The summed E-state index contributed by atoms with van der Waals surface area (Å²) in [4.78, 5) is 40.9. The van der Waals surface area contributed by atoms with E-state index >= 15 is 0 Å². The molecule has 5 rings (SSSR count). The second-order valence-corrected chi connectivity index (χ2v) is 9.50. The van der Waals surface area contributed by atoms with Gasteiger partial charge in [0.1, 0.15) is 0 Å². The van der Waals surface area contributed by atoms with Gasteiger partial charge in [-0.1, -0.05) is 25.1 Å². The molecule has 0 spiro atoms. The van der Waals surface area contributed by atoms with E-state index in [0.717, 1.165) is 35.1 Å². The van der Waals surface area contributed by atoms with Gasteiger partial charge in [-0.3, -0.25) is 9.59 Å². The molecule has 1 aromatic heterocycles. The van der Waals surface area contributed by atoms with Crippen molar-refractivity contribution in [3.63, 3.8) is 0 Å². The molecule has 1 fully saturated rings. The average Bonchev–Trinajstić information content (AvgIpc) is 3.31. The molecule has 1 aliphatic carbocycles. The number of fused-ring (bicyclic) bond motifs is 1. The molecule has 2 aliphatic rings. The number of amides is 4. The lowest BCUT2D eigenvalue weighted by atomic mass is 9.97. The Balaban J connectivity index is 1.33. The quantitative estimate of drug-likeness (QED) is 0.447. The number of carbonyl (C=O) groups excluding carboxylic acids is 3. The Morgan fingerprint density at radius 3 is 2.71 bits per heavy atom. The molecule has 3 aromatic rings. The zero-order valence-corrected chi connectivity index (χ0v) is 19.4. The van der Waals surface area contributed by atoms with Crippen molar-refractivity contribution in [3.8, 4) is 11.1 Å². The maximum Gasteiger partial charge on any atom is 0.323 e. The minimum Gasteiger partial charge on any atom is -0.353 e. The fourth-order valence-corrected chi connectivity index (χ4v) is 4.58. The first-order valence-electron chi connectivity index (χ1n) is 11.2. The third kappa shape index (κ3) is 4.92. The highest BCUT2D eigenvalue weighted by atomic mass is 32.1. The number of aliphatic imine (C=N–C) groups is 1. The first kappa shape index (κ1) is 22.0. The number of nitrogens with zero attached hydrogens (tertiary/aromatic N) is 1. The summed E-state index contributed by atoms with van der Waals surface area (Å²) in [6.07, 6.45) is 4.21. The van der Waals surface area contributed by atoms with Gasteiger partial charge in [-0.15, -0.1) is 0 Å². The summed E-state index contributed by atoms with van der Waals surface area (Å²) in [6, 6.07) is 12.9. The van der Waals surface area contributed by atoms with Crippen molar-refractivity contribution in [2.24, 2.45) is 10.9 Å². The Morgan fingerprint density at radius 2 is 1.94 bits per heavy atom. The van der Waals surface area contributed by atoms with Gasteiger partial charge in [0.05, 0.1) is 11.3 Å². The summed E-state index contributed by atoms with van der Waals surface area (Å²) in [5.41, 5.74) is 5.24. The molecule has 0 bridgehead atoms. The molecule has 1 aliphatic heterocycles. The van der Waals surface area contributed by atoms with Crippen LogP contribution in [0.15, 0.2) is 58.2 Å². The largest absolute Gasteiger partial charge is 0.353 e. The topological polar surface area (TPSA) is 99.7 Å². The maximum atomic E-state index is 12.9. The van der Waals surface area contributed by atoms with Crippen LogP contribution in [0.25, 0.3) is 11.1 Å². The van der Waals surface area contributed by atoms with Crippen molar-refractivity contribution < 1.29 is 14.4 Å². The predicted octanol–water partition coefficient (Wildman–Crippen LogP) is 5.09. The Hall–Kier alpha value is -3.78. The lowest BCUT2D eigenvalue weighted by molar-refractivity contribution is -0.124. The van der Waals surface area contributed by atoms with Gasteiger partial charge in [0, 0.05) is 35.0 Å². The first-order chi connectivity index (χ1) is 16.5. The summed E-state index contributed by atoms with van der Waals surface area (Å²) in [6.45, 7) is 1.92. The third-order valence-corrected chi connectivity index (χ3v) is 6.62. The van der Waals surface area contributed by atoms with E-state index < -0.39 is 6.03 Å². The Morgan fingerprint density at radius 1 is 1.09 bits per heavy atom. The number of benzene rings is 2. The summed E-state index contributed by atoms with van der Waals surface area (Å²) in [5.74, 6) is -0.418. The third-order valence-electron chi connectivity index (χ3n) is 5.94. The average molecular weight is 473 g/mol. The molecule has 0 saturated heterocycles. The normalized spacial score (nSPS) is 15.0. The smallest absolute Gasteiger partial charge is 0.323 e. The number of rotatable bonds is 7. The highest BCUT2D eigenvalue weighted by molar-refractivity contribution is 7.08. The van der Waals surface area contributed by atoms with E-state index in [-0.39, 0.29) is 17.7 Å². The molecule has 4 amide bonds. The summed E-state index contributed by atoms with van der Waals surface area (Å²) < 4.78 is 0. The van der Waals surface area contributed by atoms with Gasteiger partial charge >= 0.3 is 6.03 Å². The second-order valence-electron chi connectivity index (χ2n) is 8.72. The molecule has 2 aromatic carbocycles. The maximum absolute atomic E-state index is 12.9. The number of urea groups is 1. The van der Waals surface area contributed by atoms with Crippen molar-refractivity contribution >= 4 is 46.8 Å². The number of carbonyl (C=O) groups is 3. The number of thiophene rings is 1. The van der Waals surface area contributed by atoms with Crippen molar-refractivity contribution in [2.45, 2.75) is 32.2 Å². The minimum atomic E-state index is -0.417. The van der Waals surface area contributed by atoms with Crippen LogP contribution >= 0.6 is 11.3 Å². The van der Waals surface area contributed by atoms with Gasteiger partial charge < -0.3 is 16.0 Å². The fraction of sp³-hybridized carbons (Fsp3) is 0.231. The molecule has 3 N–H and O–H groups in total. The Kier molecular flexibility index (Phi) is 5.98. The first-order valence-corrected chi connectivity index (χ1v) is 12.2. The van der Waals surface area contributed by atoms with Gasteiger partial charge in [-0.2, -0.15) is 11.3 Å². The van der Waals surface area contributed by atoms with Gasteiger partial charge in [0.2, 0.25) is 5.91 Å². The monoisotopic (exact) mass is 472 g/mol. The van der Waals surface area contributed by atoms with Crippen LogP contribution in [0.2, 0.25) is 0 Å². The molecular formula is C26H24N4O3S. The molecule has 34 heavy (non-hydrogen) atoms. The molecule has 8 heteroatoms. The number of hydrogen-bond donors (Lipinski definition) is 3. The Labute approximate surface area is 201 Å². The van der Waals surface area contributed by atoms with Crippen LogP contribution in [-0.4, -0.2) is 30.1 Å². The highest BCUT2D eigenvalue weighted by Crippen LogP contribution is 2.32. The van der Waals surface area contributed by atoms with E-state index in [2.05, 4.69) is 20.9 Å².